The summed E-state index contributed by atoms with van der Waals surface area (Å²) in [6.45, 7) is 0.839. The fraction of sp³-hybridized carbons (Fsp3) is 1.00. The van der Waals surface area contributed by atoms with Gasteiger partial charge >= 0.3 is 104 Å². The second kappa shape index (κ2) is 12.4. The molecule has 0 aliphatic heterocycles. The third-order valence-corrected chi connectivity index (χ3v) is 4.15. The van der Waals surface area contributed by atoms with Crippen LogP contribution in [0.2, 0.25) is 0 Å². The largest absolute Gasteiger partial charge is 0 e. The van der Waals surface area contributed by atoms with Gasteiger partial charge in [0.1, 0.15) is 0 Å². The van der Waals surface area contributed by atoms with Crippen LogP contribution in [0.3, 0.4) is 0 Å². The summed E-state index contributed by atoms with van der Waals surface area (Å²) in [5, 5.41) is 0. The van der Waals surface area contributed by atoms with E-state index in [9.17, 15) is 0 Å². The predicted octanol–water partition coefficient (Wildman–Crippen LogP) is 3.40. The molecular weight excluding hydrogens is 356 g/mol. The average molecular weight is 369 g/mol. The standard InChI is InChI=1S/C6H13Cl4O3P.Cu/c7-1-4-11-14(10,12-5-2-8)13-6-3-9;/h14H,1-6H2;. The molecule has 0 spiro atoms. The number of halogens is 4. The topological polar surface area (TPSA) is 27.7 Å². The first-order chi connectivity index (χ1) is 6.68. The first-order valence-electron chi connectivity index (χ1n) is 3.97. The summed E-state index contributed by atoms with van der Waals surface area (Å²) in [5.74, 6) is 0.988. The summed E-state index contributed by atoms with van der Waals surface area (Å²) in [7, 11) is -3.09. The van der Waals surface area contributed by atoms with Gasteiger partial charge in [0.25, 0.3) is 0 Å². The zero-order chi connectivity index (χ0) is 10.9. The van der Waals surface area contributed by atoms with Gasteiger partial charge in [-0.25, -0.2) is 0 Å². The van der Waals surface area contributed by atoms with Crippen LogP contribution in [0, 0.1) is 0 Å². The van der Waals surface area contributed by atoms with Gasteiger partial charge in [0.15, 0.2) is 0 Å². The molecule has 15 heavy (non-hydrogen) atoms. The van der Waals surface area contributed by atoms with Gasteiger partial charge in [-0.15, -0.1) is 0 Å². The minimum Gasteiger partial charge on any atom is 0 e. The second-order valence-electron chi connectivity index (χ2n) is 2.09. The molecule has 0 saturated carbocycles. The molecule has 0 saturated heterocycles. The average Bonchev–Trinajstić information content (AvgIpc) is 2.21. The van der Waals surface area contributed by atoms with E-state index < -0.39 is 7.30 Å². The quantitative estimate of drug-likeness (QED) is 0.354. The fourth-order valence-electron chi connectivity index (χ4n) is 0.606. The molecule has 0 fully saturated rings. The van der Waals surface area contributed by atoms with Crippen molar-refractivity contribution >= 4 is 53.3 Å². The minimum atomic E-state index is -3.09. The maximum Gasteiger partial charge on any atom is 0 e. The van der Waals surface area contributed by atoms with Crippen LogP contribution in [0.25, 0.3) is 0 Å². The van der Waals surface area contributed by atoms with Crippen molar-refractivity contribution in [1.82, 2.24) is 0 Å². The summed E-state index contributed by atoms with van der Waals surface area (Å²) in [5.41, 5.74) is 0. The summed E-state index contributed by atoms with van der Waals surface area (Å²) >= 11 is 22.3. The van der Waals surface area contributed by atoms with Crippen LogP contribution in [0.5, 0.6) is 0 Å². The van der Waals surface area contributed by atoms with Crippen molar-refractivity contribution in [2.45, 2.75) is 0 Å². The molecule has 9 heteroatoms. The Morgan fingerprint density at radius 3 is 1.20 bits per heavy atom. The maximum absolute atomic E-state index is 5.97. The van der Waals surface area contributed by atoms with Crippen LogP contribution in [0.4, 0.5) is 0 Å². The summed E-state index contributed by atoms with van der Waals surface area (Å²) in [4.78, 5) is 0. The maximum atomic E-state index is 5.97. The third-order valence-electron chi connectivity index (χ3n) is 1.05. The molecule has 0 rings (SSSR count). The molecule has 0 amide bonds. The molecule has 0 atom stereocenters. The summed E-state index contributed by atoms with van der Waals surface area (Å²) in [6.07, 6.45) is 0. The zero-order valence-electron chi connectivity index (χ0n) is 7.78. The number of rotatable bonds is 9. The van der Waals surface area contributed by atoms with Crippen molar-refractivity contribution < 1.29 is 30.6 Å². The Morgan fingerprint density at radius 1 is 0.733 bits per heavy atom. The van der Waals surface area contributed by atoms with E-state index >= 15 is 0 Å². The minimum absolute atomic E-state index is 0. The Morgan fingerprint density at radius 2 is 1.00 bits per heavy atom. The molecule has 0 aliphatic carbocycles. The van der Waals surface area contributed by atoms with Crippen LogP contribution in [-0.4, -0.2) is 37.5 Å². The molecule has 0 aromatic heterocycles. The van der Waals surface area contributed by atoms with Gasteiger partial charge in [0.05, 0.1) is 0 Å². The molecule has 0 unspecified atom stereocenters. The van der Waals surface area contributed by atoms with Gasteiger partial charge in [-0.05, 0) is 0 Å². The third kappa shape index (κ3) is 10.8. The molecule has 1 radical (unpaired) electrons. The SMILES string of the molecule is ClCCO[PH](Cl)(OCCCl)OCCCl.[Cu]. The van der Waals surface area contributed by atoms with Crippen LogP contribution in [-0.2, 0) is 30.6 Å². The Hall–Kier alpha value is 1.99. The number of hydrogen-bond acceptors (Lipinski definition) is 3. The van der Waals surface area contributed by atoms with E-state index in [0.29, 0.717) is 17.6 Å². The van der Waals surface area contributed by atoms with E-state index in [1.54, 1.807) is 0 Å². The first-order valence-corrected chi connectivity index (χ1v) is 8.31. The van der Waals surface area contributed by atoms with Gasteiger partial charge in [-0.2, -0.15) is 0 Å². The molecule has 99 valence electrons. The number of alkyl halides is 3. The molecular formula is C6H13Cl4CuO3P. The molecule has 0 aromatic rings. The number of hydrogen-bond donors (Lipinski definition) is 0. The summed E-state index contributed by atoms with van der Waals surface area (Å²) < 4.78 is 15.6. The van der Waals surface area contributed by atoms with Gasteiger partial charge in [0.2, 0.25) is 0 Å². The normalized spacial score (nSPS) is 12.3. The van der Waals surface area contributed by atoms with E-state index in [1.165, 1.54) is 0 Å². The Balaban J connectivity index is 0. The van der Waals surface area contributed by atoms with E-state index in [-0.39, 0.29) is 36.9 Å². The molecule has 0 heterocycles. The Labute approximate surface area is 121 Å². The smallest absolute Gasteiger partial charge is 0 e. The molecule has 0 aliphatic rings. The van der Waals surface area contributed by atoms with Crippen molar-refractivity contribution in [3.8, 4) is 0 Å². The molecule has 0 aromatic carbocycles. The fourth-order valence-corrected chi connectivity index (χ4v) is 3.21. The van der Waals surface area contributed by atoms with Gasteiger partial charge < -0.3 is 0 Å². The zero-order valence-corrected chi connectivity index (χ0v) is 12.7. The predicted molar refractivity (Wildman–Crippen MR) is 64.2 cm³/mol. The van der Waals surface area contributed by atoms with Gasteiger partial charge in [0, 0.05) is 17.1 Å². The van der Waals surface area contributed by atoms with E-state index in [4.69, 9.17) is 59.6 Å². The monoisotopic (exact) mass is 367 g/mol. The van der Waals surface area contributed by atoms with Gasteiger partial charge in [-0.3, -0.25) is 0 Å². The summed E-state index contributed by atoms with van der Waals surface area (Å²) in [6, 6.07) is 0. The van der Waals surface area contributed by atoms with Crippen LogP contribution < -0.4 is 0 Å². The van der Waals surface area contributed by atoms with Crippen LogP contribution >= 0.6 is 53.3 Å². The van der Waals surface area contributed by atoms with Crippen molar-refractivity contribution in [3.05, 3.63) is 0 Å². The van der Waals surface area contributed by atoms with Crippen molar-refractivity contribution in [1.29, 1.82) is 0 Å². The van der Waals surface area contributed by atoms with Crippen molar-refractivity contribution in [3.63, 3.8) is 0 Å². The first kappa shape index (κ1) is 19.3. The van der Waals surface area contributed by atoms with Crippen molar-refractivity contribution in [2.75, 3.05) is 37.5 Å². The van der Waals surface area contributed by atoms with E-state index in [2.05, 4.69) is 0 Å². The molecule has 3 nitrogen and oxygen atoms in total. The van der Waals surface area contributed by atoms with Crippen LogP contribution in [0.15, 0.2) is 0 Å². The molecule has 0 N–H and O–H groups in total. The molecule has 0 bridgehead atoms. The Bertz CT molecular complexity index is 124. The van der Waals surface area contributed by atoms with Crippen LogP contribution in [0.1, 0.15) is 0 Å². The van der Waals surface area contributed by atoms with E-state index in [0.717, 1.165) is 0 Å². The van der Waals surface area contributed by atoms with E-state index in [1.807, 2.05) is 0 Å². The van der Waals surface area contributed by atoms with Gasteiger partial charge in [-0.1, -0.05) is 0 Å². The second-order valence-corrected chi connectivity index (χ2v) is 6.45. The Kier molecular flexibility index (Phi) is 16.0. The van der Waals surface area contributed by atoms with Crippen molar-refractivity contribution in [2.24, 2.45) is 0 Å².